The van der Waals surface area contributed by atoms with Gasteiger partial charge in [-0.25, -0.2) is 8.42 Å². The maximum absolute atomic E-state index is 12.5. The van der Waals surface area contributed by atoms with E-state index in [1.807, 2.05) is 0 Å². The van der Waals surface area contributed by atoms with Crippen LogP contribution in [0.25, 0.3) is 0 Å². The SMILES string of the molecule is Cc1sc(Br)cc1S(=O)(=O)N1CC(O)CC1C(N)=O. The van der Waals surface area contributed by atoms with Gasteiger partial charge in [-0.1, -0.05) is 0 Å². The zero-order valence-electron chi connectivity index (χ0n) is 10.0. The van der Waals surface area contributed by atoms with Crippen LogP contribution in [0.4, 0.5) is 0 Å². The predicted molar refractivity (Wildman–Crippen MR) is 74.3 cm³/mol. The number of thiophene rings is 1. The van der Waals surface area contributed by atoms with Crippen LogP contribution in [0.2, 0.25) is 0 Å². The first-order chi connectivity index (χ1) is 8.73. The van der Waals surface area contributed by atoms with Crippen LogP contribution in [0.3, 0.4) is 0 Å². The number of rotatable bonds is 3. The van der Waals surface area contributed by atoms with Crippen molar-refractivity contribution in [2.24, 2.45) is 5.73 Å². The molecule has 1 amide bonds. The van der Waals surface area contributed by atoms with Gasteiger partial charge < -0.3 is 10.8 Å². The van der Waals surface area contributed by atoms with Crippen molar-refractivity contribution in [2.75, 3.05) is 6.54 Å². The van der Waals surface area contributed by atoms with Crippen molar-refractivity contribution in [3.63, 3.8) is 0 Å². The number of aliphatic hydroxyl groups is 1. The lowest BCUT2D eigenvalue weighted by Gasteiger charge is -2.21. The third kappa shape index (κ3) is 2.70. The van der Waals surface area contributed by atoms with Gasteiger partial charge in [-0.3, -0.25) is 4.79 Å². The van der Waals surface area contributed by atoms with Gasteiger partial charge in [0.05, 0.1) is 14.8 Å². The molecule has 2 rings (SSSR count). The molecule has 0 aliphatic carbocycles. The van der Waals surface area contributed by atoms with Gasteiger partial charge in [0.1, 0.15) is 6.04 Å². The summed E-state index contributed by atoms with van der Waals surface area (Å²) in [6, 6.07) is 0.510. The predicted octanol–water partition coefficient (Wildman–Crippen LogP) is 0.428. The molecule has 3 N–H and O–H groups in total. The standard InChI is InChI=1S/C10H13BrN2O4S2/c1-5-8(3-9(11)18-5)19(16,17)13-4-6(14)2-7(13)10(12)15/h3,6-7,14H,2,4H2,1H3,(H2,12,15). The Kier molecular flexibility index (Phi) is 4.03. The average Bonchev–Trinajstić information content (AvgIpc) is 2.82. The molecule has 2 atom stereocenters. The zero-order valence-corrected chi connectivity index (χ0v) is 13.3. The Morgan fingerprint density at radius 1 is 1.63 bits per heavy atom. The first kappa shape index (κ1) is 14.9. The number of β-amino-alcohol motifs (C(OH)–C–C–N with tert-alkyl or cyclic N) is 1. The summed E-state index contributed by atoms with van der Waals surface area (Å²) >= 11 is 4.53. The number of amides is 1. The van der Waals surface area contributed by atoms with E-state index in [-0.39, 0.29) is 17.9 Å². The monoisotopic (exact) mass is 368 g/mol. The smallest absolute Gasteiger partial charge is 0.245 e. The number of aliphatic hydroxyl groups excluding tert-OH is 1. The number of primary amides is 1. The number of carbonyl (C=O) groups excluding carboxylic acids is 1. The topological polar surface area (TPSA) is 101 Å². The molecule has 0 aromatic carbocycles. The van der Waals surface area contributed by atoms with E-state index in [2.05, 4.69) is 15.9 Å². The molecule has 0 spiro atoms. The van der Waals surface area contributed by atoms with E-state index in [4.69, 9.17) is 5.73 Å². The molecule has 1 fully saturated rings. The third-order valence-electron chi connectivity index (χ3n) is 2.99. The molecule has 2 unspecified atom stereocenters. The lowest BCUT2D eigenvalue weighted by Crippen LogP contribution is -2.43. The Morgan fingerprint density at radius 2 is 2.26 bits per heavy atom. The third-order valence-corrected chi connectivity index (χ3v) is 6.67. The molecule has 2 heterocycles. The first-order valence-electron chi connectivity index (χ1n) is 5.48. The van der Waals surface area contributed by atoms with Crippen molar-refractivity contribution in [1.29, 1.82) is 0 Å². The summed E-state index contributed by atoms with van der Waals surface area (Å²) in [6.07, 6.45) is -0.825. The second-order valence-electron chi connectivity index (χ2n) is 4.35. The Bertz CT molecular complexity index is 613. The molecule has 0 saturated carbocycles. The van der Waals surface area contributed by atoms with Crippen molar-refractivity contribution in [3.8, 4) is 0 Å². The van der Waals surface area contributed by atoms with Crippen molar-refractivity contribution < 1.29 is 18.3 Å². The summed E-state index contributed by atoms with van der Waals surface area (Å²) in [5.41, 5.74) is 5.21. The minimum Gasteiger partial charge on any atom is -0.392 e. The summed E-state index contributed by atoms with van der Waals surface area (Å²) in [5.74, 6) is -0.743. The minimum atomic E-state index is -3.82. The Morgan fingerprint density at radius 3 is 2.74 bits per heavy atom. The van der Waals surface area contributed by atoms with Crippen LogP contribution < -0.4 is 5.73 Å². The highest BCUT2D eigenvalue weighted by Crippen LogP contribution is 2.34. The number of hydrogen-bond donors (Lipinski definition) is 2. The highest BCUT2D eigenvalue weighted by molar-refractivity contribution is 9.11. The van der Waals surface area contributed by atoms with Crippen molar-refractivity contribution in [3.05, 3.63) is 14.7 Å². The number of nitrogens with two attached hydrogens (primary N) is 1. The molecular weight excluding hydrogens is 356 g/mol. The summed E-state index contributed by atoms with van der Waals surface area (Å²) in [4.78, 5) is 12.1. The summed E-state index contributed by atoms with van der Waals surface area (Å²) in [6.45, 7) is 1.58. The Labute approximate surface area is 123 Å². The second kappa shape index (κ2) is 5.13. The number of halogens is 1. The van der Waals surface area contributed by atoms with Gasteiger partial charge in [-0.15, -0.1) is 11.3 Å². The van der Waals surface area contributed by atoms with Gasteiger partial charge in [-0.2, -0.15) is 4.31 Å². The molecule has 0 radical (unpaired) electrons. The lowest BCUT2D eigenvalue weighted by atomic mass is 10.2. The number of sulfonamides is 1. The van der Waals surface area contributed by atoms with E-state index in [0.717, 1.165) is 4.31 Å². The normalized spacial score (nSPS) is 24.8. The molecule has 6 nitrogen and oxygen atoms in total. The molecular formula is C10H13BrN2O4S2. The summed E-state index contributed by atoms with van der Waals surface area (Å²) < 4.78 is 26.7. The second-order valence-corrected chi connectivity index (χ2v) is 8.85. The summed E-state index contributed by atoms with van der Waals surface area (Å²) in [5, 5.41) is 9.58. The first-order valence-corrected chi connectivity index (χ1v) is 8.53. The van der Waals surface area contributed by atoms with Gasteiger partial charge in [-0.05, 0) is 28.9 Å². The number of aryl methyl sites for hydroxylation is 1. The fraction of sp³-hybridized carbons (Fsp3) is 0.500. The maximum atomic E-state index is 12.5. The molecule has 0 bridgehead atoms. The quantitative estimate of drug-likeness (QED) is 0.807. The fourth-order valence-electron chi connectivity index (χ4n) is 2.12. The average molecular weight is 369 g/mol. The molecule has 106 valence electrons. The van der Waals surface area contributed by atoms with Crippen LogP contribution in [0, 0.1) is 6.92 Å². The van der Waals surface area contributed by atoms with Crippen LogP contribution in [-0.4, -0.2) is 42.4 Å². The fourth-order valence-corrected chi connectivity index (χ4v) is 6.15. The van der Waals surface area contributed by atoms with Gasteiger partial charge in [0.15, 0.2) is 0 Å². The van der Waals surface area contributed by atoms with E-state index < -0.39 is 28.1 Å². The van der Waals surface area contributed by atoms with Gasteiger partial charge in [0.25, 0.3) is 0 Å². The van der Waals surface area contributed by atoms with Gasteiger partial charge >= 0.3 is 0 Å². The van der Waals surface area contributed by atoms with Crippen molar-refractivity contribution >= 4 is 43.2 Å². The molecule has 19 heavy (non-hydrogen) atoms. The summed E-state index contributed by atoms with van der Waals surface area (Å²) in [7, 11) is -3.82. The minimum absolute atomic E-state index is 0.0406. The molecule has 9 heteroatoms. The van der Waals surface area contributed by atoms with Crippen LogP contribution in [0.5, 0.6) is 0 Å². The van der Waals surface area contributed by atoms with Crippen LogP contribution in [-0.2, 0) is 14.8 Å². The number of nitrogens with zero attached hydrogens (tertiary/aromatic N) is 1. The largest absolute Gasteiger partial charge is 0.392 e. The van der Waals surface area contributed by atoms with Crippen molar-refractivity contribution in [1.82, 2.24) is 4.31 Å². The maximum Gasteiger partial charge on any atom is 0.245 e. The molecule has 1 aliphatic heterocycles. The highest BCUT2D eigenvalue weighted by Gasteiger charge is 2.43. The van der Waals surface area contributed by atoms with Crippen LogP contribution in [0.15, 0.2) is 14.7 Å². The molecule has 1 aliphatic rings. The zero-order chi connectivity index (χ0) is 14.4. The number of hydrogen-bond acceptors (Lipinski definition) is 5. The number of carbonyl (C=O) groups is 1. The van der Waals surface area contributed by atoms with Gasteiger partial charge in [0.2, 0.25) is 15.9 Å². The highest BCUT2D eigenvalue weighted by atomic mass is 79.9. The van der Waals surface area contributed by atoms with Crippen LogP contribution in [0.1, 0.15) is 11.3 Å². The van der Waals surface area contributed by atoms with E-state index >= 15 is 0 Å². The van der Waals surface area contributed by atoms with Gasteiger partial charge in [0, 0.05) is 17.8 Å². The van der Waals surface area contributed by atoms with E-state index in [0.29, 0.717) is 8.66 Å². The van der Waals surface area contributed by atoms with E-state index in [1.165, 1.54) is 17.4 Å². The Hall–Kier alpha value is -0.480. The van der Waals surface area contributed by atoms with Crippen LogP contribution >= 0.6 is 27.3 Å². The molecule has 1 aromatic rings. The van der Waals surface area contributed by atoms with E-state index in [9.17, 15) is 18.3 Å². The lowest BCUT2D eigenvalue weighted by molar-refractivity contribution is -0.121. The van der Waals surface area contributed by atoms with Crippen molar-refractivity contribution in [2.45, 2.75) is 30.4 Å². The Balaban J connectivity index is 2.44. The molecule has 1 saturated heterocycles. The molecule has 1 aromatic heterocycles. The van der Waals surface area contributed by atoms with E-state index in [1.54, 1.807) is 6.92 Å².